The second-order valence-electron chi connectivity index (χ2n) is 5.95. The highest BCUT2D eigenvalue weighted by atomic mass is 127. The van der Waals surface area contributed by atoms with Crippen LogP contribution in [-0.2, 0) is 4.79 Å². The van der Waals surface area contributed by atoms with E-state index < -0.39 is 0 Å². The minimum Gasteiger partial charge on any atom is -0.490 e. The maximum Gasteiger partial charge on any atom is 0.243 e. The van der Waals surface area contributed by atoms with Gasteiger partial charge in [0, 0.05) is 21.0 Å². The minimum atomic E-state index is -0.122. The zero-order chi connectivity index (χ0) is 19.6. The van der Waals surface area contributed by atoms with Gasteiger partial charge in [-0.15, -0.1) is 0 Å². The van der Waals surface area contributed by atoms with Crippen LogP contribution in [0.25, 0.3) is 0 Å². The van der Waals surface area contributed by atoms with Gasteiger partial charge < -0.3 is 20.1 Å². The molecule has 0 aliphatic carbocycles. The highest BCUT2D eigenvalue weighted by molar-refractivity contribution is 14.1. The number of hydrogen-bond donors (Lipinski definition) is 2. The summed E-state index contributed by atoms with van der Waals surface area (Å²) in [6.45, 7) is 1.05. The van der Waals surface area contributed by atoms with E-state index in [0.717, 1.165) is 15.0 Å². The molecule has 0 saturated heterocycles. The average Bonchev–Trinajstić information content (AvgIpc) is 2.72. The summed E-state index contributed by atoms with van der Waals surface area (Å²) >= 11 is 2.24. The van der Waals surface area contributed by atoms with E-state index >= 15 is 0 Å². The Balaban J connectivity index is 1.42. The van der Waals surface area contributed by atoms with Gasteiger partial charge in [-0.2, -0.15) is 0 Å². The maximum absolute atomic E-state index is 12.1. The number of benzene rings is 3. The summed E-state index contributed by atoms with van der Waals surface area (Å²) in [7, 11) is 0. The van der Waals surface area contributed by atoms with E-state index in [1.165, 1.54) is 0 Å². The summed E-state index contributed by atoms with van der Waals surface area (Å²) in [6.07, 6.45) is 0. The number of amides is 1. The first-order valence-electron chi connectivity index (χ1n) is 8.89. The average molecular weight is 488 g/mol. The molecule has 3 aromatic carbocycles. The zero-order valence-corrected chi connectivity index (χ0v) is 17.4. The van der Waals surface area contributed by atoms with Crippen molar-refractivity contribution in [2.24, 2.45) is 0 Å². The molecule has 0 fully saturated rings. The summed E-state index contributed by atoms with van der Waals surface area (Å²) < 4.78 is 12.4. The first-order chi connectivity index (χ1) is 13.7. The van der Waals surface area contributed by atoms with E-state index in [-0.39, 0.29) is 12.5 Å². The number of nitrogens with one attached hydrogen (secondary N) is 2. The fraction of sp³-hybridized carbons (Fsp3) is 0.136. The van der Waals surface area contributed by atoms with E-state index in [1.807, 2.05) is 72.8 Å². The standard InChI is InChI=1S/C22H21IN2O3/c23-17-9-11-18(12-10-17)24-16-22(26)25-19-5-4-8-21(15-19)28-14-13-27-20-6-2-1-3-7-20/h1-12,15,24H,13-14,16H2,(H,25,26). The van der Waals surface area contributed by atoms with Crippen molar-refractivity contribution in [2.45, 2.75) is 0 Å². The Kier molecular flexibility index (Phi) is 7.54. The largest absolute Gasteiger partial charge is 0.490 e. The van der Waals surface area contributed by atoms with E-state index in [4.69, 9.17) is 9.47 Å². The number of anilines is 2. The van der Waals surface area contributed by atoms with Crippen LogP contribution in [0, 0.1) is 3.57 Å². The van der Waals surface area contributed by atoms with Crippen LogP contribution in [0.4, 0.5) is 11.4 Å². The lowest BCUT2D eigenvalue weighted by atomic mass is 10.3. The molecule has 144 valence electrons. The van der Waals surface area contributed by atoms with E-state index in [1.54, 1.807) is 6.07 Å². The SMILES string of the molecule is O=C(CNc1ccc(I)cc1)Nc1cccc(OCCOc2ccccc2)c1. The van der Waals surface area contributed by atoms with Crippen molar-refractivity contribution in [3.63, 3.8) is 0 Å². The van der Waals surface area contributed by atoms with Crippen molar-refractivity contribution in [2.75, 3.05) is 30.4 Å². The molecule has 2 N–H and O–H groups in total. The molecule has 0 heterocycles. The van der Waals surface area contributed by atoms with Crippen LogP contribution in [0.5, 0.6) is 11.5 Å². The van der Waals surface area contributed by atoms with Gasteiger partial charge in [0.15, 0.2) is 0 Å². The number of carbonyl (C=O) groups is 1. The number of para-hydroxylation sites is 1. The predicted molar refractivity (Wildman–Crippen MR) is 120 cm³/mol. The molecule has 5 nitrogen and oxygen atoms in total. The molecular weight excluding hydrogens is 467 g/mol. The smallest absolute Gasteiger partial charge is 0.243 e. The van der Waals surface area contributed by atoms with Crippen molar-refractivity contribution >= 4 is 39.9 Å². The molecule has 28 heavy (non-hydrogen) atoms. The topological polar surface area (TPSA) is 59.6 Å². The lowest BCUT2D eigenvalue weighted by Crippen LogP contribution is -2.21. The van der Waals surface area contributed by atoms with Crippen LogP contribution in [0.15, 0.2) is 78.9 Å². The Morgan fingerprint density at radius 3 is 2.21 bits per heavy atom. The first-order valence-corrected chi connectivity index (χ1v) is 9.97. The molecule has 0 radical (unpaired) electrons. The third kappa shape index (κ3) is 6.77. The monoisotopic (exact) mass is 488 g/mol. The Morgan fingerprint density at radius 2 is 1.46 bits per heavy atom. The fourth-order valence-electron chi connectivity index (χ4n) is 2.45. The Bertz CT molecular complexity index is 886. The number of ether oxygens (including phenoxy) is 2. The molecule has 0 aliphatic heterocycles. The van der Waals surface area contributed by atoms with Crippen LogP contribution in [0.3, 0.4) is 0 Å². The molecule has 0 spiro atoms. The third-order valence-corrected chi connectivity index (χ3v) is 4.50. The molecule has 0 atom stereocenters. The van der Waals surface area contributed by atoms with E-state index in [9.17, 15) is 4.79 Å². The summed E-state index contributed by atoms with van der Waals surface area (Å²) in [5.74, 6) is 1.37. The van der Waals surface area contributed by atoms with E-state index in [2.05, 4.69) is 33.2 Å². The van der Waals surface area contributed by atoms with E-state index in [0.29, 0.717) is 24.7 Å². The minimum absolute atomic E-state index is 0.122. The lowest BCUT2D eigenvalue weighted by Gasteiger charge is -2.11. The molecule has 1 amide bonds. The first kappa shape index (κ1) is 20.0. The molecule has 3 aromatic rings. The zero-order valence-electron chi connectivity index (χ0n) is 15.2. The fourth-order valence-corrected chi connectivity index (χ4v) is 2.81. The van der Waals surface area contributed by atoms with Gasteiger partial charge in [0.05, 0.1) is 6.54 Å². The molecular formula is C22H21IN2O3. The number of rotatable bonds is 9. The Labute approximate surface area is 178 Å². The van der Waals surface area contributed by atoms with Gasteiger partial charge in [-0.1, -0.05) is 24.3 Å². The Morgan fingerprint density at radius 1 is 0.786 bits per heavy atom. The van der Waals surface area contributed by atoms with Gasteiger partial charge in [-0.25, -0.2) is 0 Å². The number of hydrogen-bond acceptors (Lipinski definition) is 4. The number of halogens is 1. The van der Waals surface area contributed by atoms with Crippen LogP contribution < -0.4 is 20.1 Å². The summed E-state index contributed by atoms with van der Waals surface area (Å²) in [6, 6.07) is 24.8. The van der Waals surface area contributed by atoms with Crippen LogP contribution in [-0.4, -0.2) is 25.7 Å². The second kappa shape index (κ2) is 10.6. The highest BCUT2D eigenvalue weighted by Gasteiger charge is 2.04. The van der Waals surface area contributed by atoms with Gasteiger partial charge >= 0.3 is 0 Å². The molecule has 0 aliphatic rings. The van der Waals surface area contributed by atoms with Crippen molar-refractivity contribution in [1.29, 1.82) is 0 Å². The summed E-state index contributed by atoms with van der Waals surface area (Å²) in [4.78, 5) is 12.1. The van der Waals surface area contributed by atoms with Crippen LogP contribution in [0.1, 0.15) is 0 Å². The molecule has 3 rings (SSSR count). The molecule has 0 unspecified atom stereocenters. The predicted octanol–water partition coefficient (Wildman–Crippen LogP) is 4.80. The van der Waals surface area contributed by atoms with Gasteiger partial charge in [-0.3, -0.25) is 4.79 Å². The molecule has 0 bridgehead atoms. The van der Waals surface area contributed by atoms with Crippen molar-refractivity contribution in [1.82, 2.24) is 0 Å². The van der Waals surface area contributed by atoms with Crippen LogP contribution >= 0.6 is 22.6 Å². The third-order valence-electron chi connectivity index (χ3n) is 3.78. The molecule has 0 aromatic heterocycles. The van der Waals surface area contributed by atoms with Crippen molar-refractivity contribution in [3.05, 3.63) is 82.4 Å². The summed E-state index contributed by atoms with van der Waals surface area (Å²) in [5, 5.41) is 5.97. The lowest BCUT2D eigenvalue weighted by molar-refractivity contribution is -0.114. The van der Waals surface area contributed by atoms with Gasteiger partial charge in [-0.05, 0) is 71.1 Å². The number of carbonyl (C=O) groups excluding carboxylic acids is 1. The van der Waals surface area contributed by atoms with Crippen LogP contribution in [0.2, 0.25) is 0 Å². The Hall–Kier alpha value is -2.74. The summed E-state index contributed by atoms with van der Waals surface area (Å²) in [5.41, 5.74) is 1.60. The van der Waals surface area contributed by atoms with Gasteiger partial charge in [0.25, 0.3) is 0 Å². The quantitative estimate of drug-likeness (QED) is 0.336. The van der Waals surface area contributed by atoms with Crippen molar-refractivity contribution < 1.29 is 14.3 Å². The molecule has 0 saturated carbocycles. The second-order valence-corrected chi connectivity index (χ2v) is 7.19. The van der Waals surface area contributed by atoms with Crippen molar-refractivity contribution in [3.8, 4) is 11.5 Å². The van der Waals surface area contributed by atoms with Gasteiger partial charge in [0.2, 0.25) is 5.91 Å². The van der Waals surface area contributed by atoms with Gasteiger partial charge in [0.1, 0.15) is 24.7 Å². The highest BCUT2D eigenvalue weighted by Crippen LogP contribution is 2.18. The maximum atomic E-state index is 12.1. The normalized spacial score (nSPS) is 10.2. The molecule has 6 heteroatoms.